The van der Waals surface area contributed by atoms with Gasteiger partial charge in [0.1, 0.15) is 0 Å². The van der Waals surface area contributed by atoms with E-state index in [0.29, 0.717) is 17.7 Å². The maximum atomic E-state index is 11.8. The maximum Gasteiger partial charge on any atom is 0.272 e. The first-order valence-corrected chi connectivity index (χ1v) is 7.15. The minimum atomic E-state index is -0.567. The number of rotatable bonds is 6. The van der Waals surface area contributed by atoms with Crippen molar-refractivity contribution in [3.8, 4) is 0 Å². The zero-order valence-electron chi connectivity index (χ0n) is 10.9. The molecule has 0 spiro atoms. The van der Waals surface area contributed by atoms with Crippen LogP contribution in [0.4, 0.5) is 11.4 Å². The number of nitrogens with one attached hydrogen (secondary N) is 1. The fourth-order valence-corrected chi connectivity index (χ4v) is 2.04. The number of anilines is 1. The summed E-state index contributed by atoms with van der Waals surface area (Å²) in [5, 5.41) is 13.3. The summed E-state index contributed by atoms with van der Waals surface area (Å²) in [5.41, 5.74) is 6.79. The SMILES string of the molecule is CSCC[C@@H](N)C(=O)Nc1ccc([N+](=O)[O-])c(C)c1. The molecule has 1 rings (SSSR count). The second-order valence-corrected chi connectivity index (χ2v) is 5.12. The van der Waals surface area contributed by atoms with Crippen molar-refractivity contribution in [3.05, 3.63) is 33.9 Å². The van der Waals surface area contributed by atoms with Gasteiger partial charge in [0, 0.05) is 17.3 Å². The fourth-order valence-electron chi connectivity index (χ4n) is 1.55. The maximum absolute atomic E-state index is 11.8. The number of benzene rings is 1. The Bertz CT molecular complexity index is 479. The quantitative estimate of drug-likeness (QED) is 0.614. The van der Waals surface area contributed by atoms with E-state index in [9.17, 15) is 14.9 Å². The van der Waals surface area contributed by atoms with Crippen LogP contribution in [0.15, 0.2) is 18.2 Å². The predicted octanol–water partition coefficient (Wildman–Crippen LogP) is 1.92. The van der Waals surface area contributed by atoms with Crippen LogP contribution >= 0.6 is 11.8 Å². The van der Waals surface area contributed by atoms with Crippen LogP contribution < -0.4 is 11.1 Å². The van der Waals surface area contributed by atoms with Gasteiger partial charge in [-0.2, -0.15) is 11.8 Å². The molecule has 1 atom stereocenters. The summed E-state index contributed by atoms with van der Waals surface area (Å²) in [6.45, 7) is 1.63. The summed E-state index contributed by atoms with van der Waals surface area (Å²) in [5.74, 6) is 0.538. The topological polar surface area (TPSA) is 98.3 Å². The molecule has 0 saturated carbocycles. The lowest BCUT2D eigenvalue weighted by Crippen LogP contribution is -2.36. The molecule has 0 bridgehead atoms. The molecule has 0 saturated heterocycles. The normalized spacial score (nSPS) is 11.9. The molecule has 0 aliphatic rings. The molecular formula is C12H17N3O3S. The van der Waals surface area contributed by atoms with Crippen molar-refractivity contribution in [2.75, 3.05) is 17.3 Å². The molecule has 0 unspecified atom stereocenters. The number of thioether (sulfide) groups is 1. The number of aryl methyl sites for hydroxylation is 1. The van der Waals surface area contributed by atoms with Gasteiger partial charge >= 0.3 is 0 Å². The van der Waals surface area contributed by atoms with Gasteiger partial charge < -0.3 is 11.1 Å². The first-order valence-electron chi connectivity index (χ1n) is 5.76. The number of nitro groups is 1. The van der Waals surface area contributed by atoms with Crippen LogP contribution in [0.1, 0.15) is 12.0 Å². The molecular weight excluding hydrogens is 266 g/mol. The van der Waals surface area contributed by atoms with Gasteiger partial charge in [-0.1, -0.05) is 0 Å². The molecule has 1 amide bonds. The smallest absolute Gasteiger partial charge is 0.272 e. The molecule has 7 heteroatoms. The first kappa shape index (κ1) is 15.5. The number of carbonyl (C=O) groups excluding carboxylic acids is 1. The van der Waals surface area contributed by atoms with Crippen LogP contribution in [0.2, 0.25) is 0 Å². The van der Waals surface area contributed by atoms with Gasteiger partial charge in [-0.05, 0) is 37.5 Å². The van der Waals surface area contributed by atoms with Gasteiger partial charge in [-0.3, -0.25) is 14.9 Å². The van der Waals surface area contributed by atoms with E-state index in [1.54, 1.807) is 24.8 Å². The standard InChI is InChI=1S/C12H17N3O3S/c1-8-7-9(3-4-11(8)15(17)18)14-12(16)10(13)5-6-19-2/h3-4,7,10H,5-6,13H2,1-2H3,(H,14,16)/t10-/m1/s1. The molecule has 0 aliphatic carbocycles. The lowest BCUT2D eigenvalue weighted by Gasteiger charge is -2.12. The minimum absolute atomic E-state index is 0.0321. The summed E-state index contributed by atoms with van der Waals surface area (Å²) >= 11 is 1.63. The molecule has 0 aromatic heterocycles. The van der Waals surface area contributed by atoms with Crippen LogP contribution in [-0.2, 0) is 4.79 Å². The molecule has 19 heavy (non-hydrogen) atoms. The number of nitrogens with two attached hydrogens (primary N) is 1. The van der Waals surface area contributed by atoms with Crippen molar-refractivity contribution >= 4 is 29.0 Å². The van der Waals surface area contributed by atoms with Crippen molar-refractivity contribution < 1.29 is 9.72 Å². The van der Waals surface area contributed by atoms with E-state index in [0.717, 1.165) is 5.75 Å². The molecule has 0 fully saturated rings. The first-order chi connectivity index (χ1) is 8.95. The Hall–Kier alpha value is -1.60. The van der Waals surface area contributed by atoms with E-state index in [4.69, 9.17) is 5.73 Å². The Kier molecular flexibility index (Phi) is 5.78. The zero-order chi connectivity index (χ0) is 14.4. The fraction of sp³-hybridized carbons (Fsp3) is 0.417. The largest absolute Gasteiger partial charge is 0.325 e. The lowest BCUT2D eigenvalue weighted by atomic mass is 10.1. The van der Waals surface area contributed by atoms with Gasteiger partial charge in [0.15, 0.2) is 0 Å². The molecule has 3 N–H and O–H groups in total. The van der Waals surface area contributed by atoms with E-state index in [1.165, 1.54) is 12.1 Å². The number of carbonyl (C=O) groups is 1. The third kappa shape index (κ3) is 4.53. The number of amides is 1. The molecule has 0 heterocycles. The summed E-state index contributed by atoms with van der Waals surface area (Å²) in [6.07, 6.45) is 2.54. The van der Waals surface area contributed by atoms with Gasteiger partial charge in [0.05, 0.1) is 11.0 Å². The van der Waals surface area contributed by atoms with E-state index in [1.807, 2.05) is 6.26 Å². The van der Waals surface area contributed by atoms with Crippen molar-refractivity contribution in [1.82, 2.24) is 0 Å². The van der Waals surface area contributed by atoms with Gasteiger partial charge in [0.25, 0.3) is 5.69 Å². The number of hydrogen-bond donors (Lipinski definition) is 2. The summed E-state index contributed by atoms with van der Waals surface area (Å²) in [7, 11) is 0. The summed E-state index contributed by atoms with van der Waals surface area (Å²) in [4.78, 5) is 22.0. The van der Waals surface area contributed by atoms with Crippen LogP contribution in [0.5, 0.6) is 0 Å². The Morgan fingerprint density at radius 2 is 2.26 bits per heavy atom. The Labute approximate surface area is 115 Å². The predicted molar refractivity (Wildman–Crippen MR) is 77.4 cm³/mol. The van der Waals surface area contributed by atoms with E-state index in [2.05, 4.69) is 5.32 Å². The van der Waals surface area contributed by atoms with Crippen molar-refractivity contribution in [2.45, 2.75) is 19.4 Å². The highest BCUT2D eigenvalue weighted by Gasteiger charge is 2.15. The average Bonchev–Trinajstić information content (AvgIpc) is 2.35. The highest BCUT2D eigenvalue weighted by Crippen LogP contribution is 2.21. The highest BCUT2D eigenvalue weighted by atomic mass is 32.2. The van der Waals surface area contributed by atoms with Crippen LogP contribution in [0.3, 0.4) is 0 Å². The van der Waals surface area contributed by atoms with E-state index >= 15 is 0 Å². The monoisotopic (exact) mass is 283 g/mol. The Morgan fingerprint density at radius 3 is 2.79 bits per heavy atom. The van der Waals surface area contributed by atoms with Gasteiger partial charge in [-0.25, -0.2) is 0 Å². The molecule has 0 aliphatic heterocycles. The summed E-state index contributed by atoms with van der Waals surface area (Å²) < 4.78 is 0. The lowest BCUT2D eigenvalue weighted by molar-refractivity contribution is -0.385. The van der Waals surface area contributed by atoms with Crippen molar-refractivity contribution in [2.24, 2.45) is 5.73 Å². The molecule has 0 radical (unpaired) electrons. The third-order valence-electron chi connectivity index (χ3n) is 2.63. The average molecular weight is 283 g/mol. The summed E-state index contributed by atoms with van der Waals surface area (Å²) in [6, 6.07) is 3.88. The van der Waals surface area contributed by atoms with Crippen LogP contribution in [-0.4, -0.2) is 28.9 Å². The number of hydrogen-bond acceptors (Lipinski definition) is 5. The number of nitro benzene ring substituents is 1. The third-order valence-corrected chi connectivity index (χ3v) is 3.27. The van der Waals surface area contributed by atoms with Crippen molar-refractivity contribution in [1.29, 1.82) is 0 Å². The number of nitrogens with zero attached hydrogens (tertiary/aromatic N) is 1. The highest BCUT2D eigenvalue weighted by molar-refractivity contribution is 7.98. The second kappa shape index (κ2) is 7.10. The van der Waals surface area contributed by atoms with Crippen LogP contribution in [0, 0.1) is 17.0 Å². The minimum Gasteiger partial charge on any atom is -0.325 e. The second-order valence-electron chi connectivity index (χ2n) is 4.14. The molecule has 104 valence electrons. The molecule has 1 aromatic carbocycles. The molecule has 6 nitrogen and oxygen atoms in total. The Morgan fingerprint density at radius 1 is 1.58 bits per heavy atom. The van der Waals surface area contributed by atoms with E-state index < -0.39 is 11.0 Å². The van der Waals surface area contributed by atoms with Gasteiger partial charge in [0.2, 0.25) is 5.91 Å². The van der Waals surface area contributed by atoms with Crippen molar-refractivity contribution in [3.63, 3.8) is 0 Å². The van der Waals surface area contributed by atoms with E-state index in [-0.39, 0.29) is 11.6 Å². The zero-order valence-corrected chi connectivity index (χ0v) is 11.7. The van der Waals surface area contributed by atoms with Gasteiger partial charge in [-0.15, -0.1) is 0 Å². The van der Waals surface area contributed by atoms with Crippen LogP contribution in [0.25, 0.3) is 0 Å². The Balaban J connectivity index is 2.70. The molecule has 1 aromatic rings.